The van der Waals surface area contributed by atoms with E-state index in [1.165, 1.54) is 0 Å². The number of hydrogen-bond donors (Lipinski definition) is 2. The van der Waals surface area contributed by atoms with E-state index in [0.29, 0.717) is 0 Å². The second-order valence-corrected chi connectivity index (χ2v) is 6.78. The molecule has 0 aliphatic rings. The van der Waals surface area contributed by atoms with E-state index in [1.54, 1.807) is 12.4 Å². The van der Waals surface area contributed by atoms with E-state index in [1.807, 2.05) is 109 Å². The van der Waals surface area contributed by atoms with E-state index < -0.39 is 0 Å². The molecule has 0 bridgehead atoms. The Bertz CT molecular complexity index is 996. The zero-order valence-corrected chi connectivity index (χ0v) is 17.0. The van der Waals surface area contributed by atoms with Crippen LogP contribution in [0.2, 0.25) is 0 Å². The van der Waals surface area contributed by atoms with E-state index in [4.69, 9.17) is 0 Å². The summed E-state index contributed by atoms with van der Waals surface area (Å²) in [5.41, 5.74) is 3.83. The van der Waals surface area contributed by atoms with E-state index in [-0.39, 0.29) is 0 Å². The predicted octanol–water partition coefficient (Wildman–Crippen LogP) is 5.45. The maximum absolute atomic E-state index is 4.61. The van der Waals surface area contributed by atoms with Crippen LogP contribution in [0.5, 0.6) is 0 Å². The highest BCUT2D eigenvalue weighted by molar-refractivity contribution is 5.77. The number of pyridine rings is 2. The lowest BCUT2D eigenvalue weighted by atomic mass is 10.3. The summed E-state index contributed by atoms with van der Waals surface area (Å²) in [5, 5.41) is 10.8. The normalized spacial score (nSPS) is 10.3. The molecule has 2 aromatic carbocycles. The van der Waals surface area contributed by atoms with Gasteiger partial charge in [0.25, 0.3) is 0 Å². The molecule has 0 spiro atoms. The van der Waals surface area contributed by atoms with Crippen molar-refractivity contribution in [2.24, 2.45) is 0 Å². The number of aromatic nitrogens is 2. The number of benzene rings is 2. The highest BCUT2D eigenvalue weighted by Crippen LogP contribution is 2.31. The van der Waals surface area contributed by atoms with Gasteiger partial charge in [-0.3, -0.25) is 10.0 Å². The van der Waals surface area contributed by atoms with Gasteiger partial charge in [-0.25, -0.2) is 9.97 Å². The Morgan fingerprint density at radius 3 is 1.33 bits per heavy atom. The summed E-state index contributed by atoms with van der Waals surface area (Å²) in [6.07, 6.45) is 3.58. The molecular weight excluding hydrogens is 372 g/mol. The van der Waals surface area contributed by atoms with Crippen molar-refractivity contribution in [3.8, 4) is 0 Å². The lowest BCUT2D eigenvalue weighted by Crippen LogP contribution is -2.38. The zero-order chi connectivity index (χ0) is 20.8. The van der Waals surface area contributed by atoms with E-state index in [0.717, 1.165) is 34.4 Å². The third kappa shape index (κ3) is 4.33. The topological polar surface area (TPSA) is 56.3 Å². The van der Waals surface area contributed by atoms with Crippen molar-refractivity contribution in [2.45, 2.75) is 0 Å². The van der Waals surface area contributed by atoms with Gasteiger partial charge in [-0.05, 0) is 48.5 Å². The van der Waals surface area contributed by atoms with Gasteiger partial charge in [-0.15, -0.1) is 0 Å². The Labute approximate surface area is 176 Å². The first kappa shape index (κ1) is 19.3. The number of hydrazine groups is 1. The van der Waals surface area contributed by atoms with Crippen LogP contribution >= 0.6 is 0 Å². The Hall–Kier alpha value is -4.06. The minimum Gasteiger partial charge on any atom is -0.352 e. The molecule has 2 aromatic heterocycles. The van der Waals surface area contributed by atoms with Crippen LogP contribution in [-0.4, -0.2) is 24.1 Å². The fourth-order valence-electron chi connectivity index (χ4n) is 3.14. The average Bonchev–Trinajstić information content (AvgIpc) is 2.80. The Balaban J connectivity index is 1.61. The van der Waals surface area contributed by atoms with Gasteiger partial charge >= 0.3 is 0 Å². The fraction of sp³-hybridized carbons (Fsp3) is 0.0833. The average molecular weight is 396 g/mol. The molecule has 0 aliphatic heterocycles. The Kier molecular flexibility index (Phi) is 5.75. The van der Waals surface area contributed by atoms with Crippen molar-refractivity contribution in [3.63, 3.8) is 0 Å². The SMILES string of the molecule is CN(c1ncccc1Nc1ccccc1)N(C)c1ncccc1Nc1ccccc1. The molecule has 0 amide bonds. The van der Waals surface area contributed by atoms with Crippen LogP contribution in [-0.2, 0) is 0 Å². The van der Waals surface area contributed by atoms with Crippen LogP contribution in [0.3, 0.4) is 0 Å². The van der Waals surface area contributed by atoms with Crippen LogP contribution in [0.15, 0.2) is 97.3 Å². The first-order chi connectivity index (χ1) is 14.7. The number of anilines is 6. The number of nitrogens with one attached hydrogen (secondary N) is 2. The van der Waals surface area contributed by atoms with Gasteiger partial charge in [0.05, 0.1) is 11.4 Å². The first-order valence-corrected chi connectivity index (χ1v) is 9.74. The van der Waals surface area contributed by atoms with Gasteiger partial charge in [0, 0.05) is 37.9 Å². The Morgan fingerprint density at radius 1 is 0.533 bits per heavy atom. The lowest BCUT2D eigenvalue weighted by molar-refractivity contribution is 0.854. The summed E-state index contributed by atoms with van der Waals surface area (Å²) in [4.78, 5) is 9.22. The molecule has 30 heavy (non-hydrogen) atoms. The molecule has 0 saturated carbocycles. The standard InChI is InChI=1S/C24H24N6/c1-29(23-21(15-9-17-25-23)27-19-11-5-3-6-12-19)30(2)24-22(16-10-18-26-24)28-20-13-7-4-8-14-20/h3-18,27-28H,1-2H3. The summed E-state index contributed by atoms with van der Waals surface area (Å²) in [7, 11) is 3.94. The number of para-hydroxylation sites is 2. The maximum atomic E-state index is 4.61. The molecule has 2 N–H and O–H groups in total. The maximum Gasteiger partial charge on any atom is 0.171 e. The van der Waals surface area contributed by atoms with Crippen molar-refractivity contribution in [1.82, 2.24) is 9.97 Å². The van der Waals surface area contributed by atoms with E-state index in [9.17, 15) is 0 Å². The molecule has 0 atom stereocenters. The van der Waals surface area contributed by atoms with Crippen LogP contribution < -0.4 is 20.7 Å². The largest absolute Gasteiger partial charge is 0.352 e. The minimum absolute atomic E-state index is 0.792. The molecule has 0 fully saturated rings. The third-order valence-electron chi connectivity index (χ3n) is 4.74. The molecule has 6 heteroatoms. The highest BCUT2D eigenvalue weighted by Gasteiger charge is 2.17. The van der Waals surface area contributed by atoms with Gasteiger partial charge < -0.3 is 10.6 Å². The lowest BCUT2D eigenvalue weighted by Gasteiger charge is -2.32. The molecular formula is C24H24N6. The molecule has 0 aliphatic carbocycles. The molecule has 0 saturated heterocycles. The van der Waals surface area contributed by atoms with Crippen LogP contribution in [0.25, 0.3) is 0 Å². The van der Waals surface area contributed by atoms with Crippen LogP contribution in [0, 0.1) is 0 Å². The molecule has 4 aromatic rings. The monoisotopic (exact) mass is 396 g/mol. The quantitative estimate of drug-likeness (QED) is 0.405. The highest BCUT2D eigenvalue weighted by atomic mass is 15.6. The van der Waals surface area contributed by atoms with Gasteiger partial charge in [0.2, 0.25) is 0 Å². The summed E-state index contributed by atoms with van der Waals surface area (Å²) < 4.78 is 0. The van der Waals surface area contributed by atoms with Gasteiger partial charge in [-0.2, -0.15) is 0 Å². The van der Waals surface area contributed by atoms with E-state index in [2.05, 4.69) is 20.6 Å². The number of hydrogen-bond acceptors (Lipinski definition) is 6. The molecule has 150 valence electrons. The van der Waals surface area contributed by atoms with Crippen LogP contribution in [0.4, 0.5) is 34.4 Å². The molecule has 2 heterocycles. The molecule has 4 rings (SSSR count). The third-order valence-corrected chi connectivity index (χ3v) is 4.74. The zero-order valence-electron chi connectivity index (χ0n) is 17.0. The molecule has 6 nitrogen and oxygen atoms in total. The summed E-state index contributed by atoms with van der Waals surface area (Å²) in [6.45, 7) is 0. The van der Waals surface area contributed by atoms with Crippen molar-refractivity contribution < 1.29 is 0 Å². The fourth-order valence-corrected chi connectivity index (χ4v) is 3.14. The van der Waals surface area contributed by atoms with Crippen molar-refractivity contribution >= 4 is 34.4 Å². The second-order valence-electron chi connectivity index (χ2n) is 6.78. The predicted molar refractivity (Wildman–Crippen MR) is 125 cm³/mol. The smallest absolute Gasteiger partial charge is 0.171 e. The van der Waals surface area contributed by atoms with Crippen LogP contribution in [0.1, 0.15) is 0 Å². The van der Waals surface area contributed by atoms with Crippen molar-refractivity contribution in [3.05, 3.63) is 97.3 Å². The Morgan fingerprint density at radius 2 is 0.933 bits per heavy atom. The van der Waals surface area contributed by atoms with Crippen molar-refractivity contribution in [2.75, 3.05) is 34.7 Å². The second kappa shape index (κ2) is 8.96. The minimum atomic E-state index is 0.792. The number of rotatable bonds is 7. The summed E-state index contributed by atoms with van der Waals surface area (Å²) in [6, 6.07) is 28.0. The molecule has 0 radical (unpaired) electrons. The van der Waals surface area contributed by atoms with Gasteiger partial charge in [0.15, 0.2) is 11.6 Å². The first-order valence-electron chi connectivity index (χ1n) is 9.74. The van der Waals surface area contributed by atoms with E-state index >= 15 is 0 Å². The summed E-state index contributed by atoms with van der Waals surface area (Å²) >= 11 is 0. The summed E-state index contributed by atoms with van der Waals surface area (Å²) in [5.74, 6) is 1.58. The van der Waals surface area contributed by atoms with Gasteiger partial charge in [0.1, 0.15) is 0 Å². The van der Waals surface area contributed by atoms with Gasteiger partial charge in [-0.1, -0.05) is 36.4 Å². The number of nitrogens with zero attached hydrogens (tertiary/aromatic N) is 4. The van der Waals surface area contributed by atoms with Crippen molar-refractivity contribution in [1.29, 1.82) is 0 Å². The molecule has 0 unspecified atom stereocenters.